The predicted octanol–water partition coefficient (Wildman–Crippen LogP) is 2.64. The average molecular weight is 372 g/mol. The summed E-state index contributed by atoms with van der Waals surface area (Å²) in [5, 5.41) is 6.03. The zero-order valence-electron chi connectivity index (χ0n) is 13.4. The van der Waals surface area contributed by atoms with Crippen LogP contribution < -0.4 is 15.5 Å². The van der Waals surface area contributed by atoms with Crippen molar-refractivity contribution in [3.05, 3.63) is 23.2 Å². The molecule has 0 radical (unpaired) electrons. The number of urea groups is 1. The van der Waals surface area contributed by atoms with Gasteiger partial charge in [0.25, 0.3) is 0 Å². The first-order valence-electron chi connectivity index (χ1n) is 8.25. The number of benzene rings is 1. The largest absolute Gasteiger partial charge is 0.370 e. The summed E-state index contributed by atoms with van der Waals surface area (Å²) in [6.45, 7) is 2.01. The predicted molar refractivity (Wildman–Crippen MR) is 96.7 cm³/mol. The number of carbonyl (C=O) groups is 1. The number of nitrogens with one attached hydrogen (secondary N) is 2. The van der Waals surface area contributed by atoms with Gasteiger partial charge in [0.15, 0.2) is 9.84 Å². The van der Waals surface area contributed by atoms with Gasteiger partial charge >= 0.3 is 6.03 Å². The number of nitrogens with zero attached hydrogens (tertiary/aromatic N) is 1. The quantitative estimate of drug-likeness (QED) is 0.856. The lowest BCUT2D eigenvalue weighted by molar-refractivity contribution is 0.249. The molecule has 0 bridgehead atoms. The third-order valence-electron chi connectivity index (χ3n) is 4.47. The zero-order chi connectivity index (χ0) is 17.2. The minimum absolute atomic E-state index is 0.00900. The molecule has 1 aromatic carbocycles. The second-order valence-corrected chi connectivity index (χ2v) is 9.05. The number of piperidine rings is 1. The van der Waals surface area contributed by atoms with Gasteiger partial charge < -0.3 is 15.5 Å². The van der Waals surface area contributed by atoms with E-state index in [2.05, 4.69) is 15.5 Å². The Bertz CT molecular complexity index is 717. The van der Waals surface area contributed by atoms with E-state index in [1.54, 1.807) is 6.07 Å². The standard InChI is InChI=1S/C16H22ClN3O3S/c17-14-10-12(4-5-15(14)20-7-2-1-3-8-20)18-16(21)19-13-6-9-24(22,23)11-13/h4-5,10,13H,1-3,6-9,11H2,(H2,18,19,21)/t13-/m1/s1. The molecule has 1 atom stereocenters. The van der Waals surface area contributed by atoms with Crippen molar-refractivity contribution in [2.45, 2.75) is 31.7 Å². The first-order chi connectivity index (χ1) is 11.4. The van der Waals surface area contributed by atoms with Gasteiger partial charge in [0.05, 0.1) is 22.2 Å². The van der Waals surface area contributed by atoms with Crippen LogP contribution in [0.4, 0.5) is 16.2 Å². The van der Waals surface area contributed by atoms with Gasteiger partial charge in [0, 0.05) is 24.8 Å². The van der Waals surface area contributed by atoms with Crippen LogP contribution in [0, 0.1) is 0 Å². The van der Waals surface area contributed by atoms with Crippen molar-refractivity contribution >= 4 is 38.8 Å². The maximum Gasteiger partial charge on any atom is 0.319 e. The van der Waals surface area contributed by atoms with Crippen molar-refractivity contribution in [2.75, 3.05) is 34.8 Å². The molecule has 2 fully saturated rings. The van der Waals surface area contributed by atoms with Crippen LogP contribution in [0.3, 0.4) is 0 Å². The Labute approximate surface area is 147 Å². The lowest BCUT2D eigenvalue weighted by Crippen LogP contribution is -2.38. The fourth-order valence-corrected chi connectivity index (χ4v) is 5.21. The molecule has 0 saturated carbocycles. The molecule has 8 heteroatoms. The molecule has 2 saturated heterocycles. The smallest absolute Gasteiger partial charge is 0.319 e. The molecule has 1 aromatic rings. The van der Waals surface area contributed by atoms with Gasteiger partial charge in [-0.2, -0.15) is 0 Å². The van der Waals surface area contributed by atoms with E-state index in [0.717, 1.165) is 18.8 Å². The fourth-order valence-electron chi connectivity index (χ4n) is 3.24. The summed E-state index contributed by atoms with van der Waals surface area (Å²) >= 11 is 6.36. The van der Waals surface area contributed by atoms with Crippen LogP contribution in [0.1, 0.15) is 25.7 Å². The molecule has 2 heterocycles. The molecule has 0 aliphatic carbocycles. The third-order valence-corrected chi connectivity index (χ3v) is 6.54. The SMILES string of the molecule is O=C(Nc1ccc(N2CCCCC2)c(Cl)c1)N[C@@H]1CCS(=O)(=O)C1. The van der Waals surface area contributed by atoms with Gasteiger partial charge in [0.2, 0.25) is 0 Å². The zero-order valence-corrected chi connectivity index (χ0v) is 15.0. The highest BCUT2D eigenvalue weighted by Crippen LogP contribution is 2.30. The van der Waals surface area contributed by atoms with Crippen LogP contribution >= 0.6 is 11.6 Å². The summed E-state index contributed by atoms with van der Waals surface area (Å²) in [7, 11) is -3.01. The van der Waals surface area contributed by atoms with Gasteiger partial charge in [-0.05, 0) is 43.9 Å². The molecule has 0 spiro atoms. The molecule has 132 valence electrons. The van der Waals surface area contributed by atoms with Crippen LogP contribution in [-0.4, -0.2) is 45.1 Å². The Morgan fingerprint density at radius 1 is 1.21 bits per heavy atom. The van der Waals surface area contributed by atoms with E-state index in [-0.39, 0.29) is 17.5 Å². The number of carbonyl (C=O) groups excluding carboxylic acids is 1. The molecule has 2 N–H and O–H groups in total. The second-order valence-electron chi connectivity index (χ2n) is 6.41. The maximum absolute atomic E-state index is 12.0. The normalized spacial score (nSPS) is 23.0. The van der Waals surface area contributed by atoms with Gasteiger partial charge in [0.1, 0.15) is 0 Å². The minimum atomic E-state index is -3.01. The van der Waals surface area contributed by atoms with Crippen molar-refractivity contribution < 1.29 is 13.2 Å². The maximum atomic E-state index is 12.0. The van der Waals surface area contributed by atoms with Crippen molar-refractivity contribution in [3.63, 3.8) is 0 Å². The highest BCUT2D eigenvalue weighted by atomic mass is 35.5. The second kappa shape index (κ2) is 7.19. The molecule has 2 aliphatic heterocycles. The Morgan fingerprint density at radius 3 is 2.58 bits per heavy atom. The number of halogens is 1. The highest BCUT2D eigenvalue weighted by Gasteiger charge is 2.28. The van der Waals surface area contributed by atoms with Gasteiger partial charge in [-0.25, -0.2) is 13.2 Å². The molecular weight excluding hydrogens is 350 g/mol. The van der Waals surface area contributed by atoms with E-state index < -0.39 is 15.9 Å². The molecule has 2 aliphatic rings. The third kappa shape index (κ3) is 4.33. The number of rotatable bonds is 3. The fraction of sp³-hybridized carbons (Fsp3) is 0.562. The summed E-state index contributed by atoms with van der Waals surface area (Å²) in [6.07, 6.45) is 4.06. The van der Waals surface area contributed by atoms with Crippen molar-refractivity contribution in [1.82, 2.24) is 5.32 Å². The van der Waals surface area contributed by atoms with E-state index >= 15 is 0 Å². The summed E-state index contributed by atoms with van der Waals surface area (Å²) < 4.78 is 22.8. The van der Waals surface area contributed by atoms with Crippen LogP contribution in [0.2, 0.25) is 5.02 Å². The molecule has 6 nitrogen and oxygen atoms in total. The summed E-state index contributed by atoms with van der Waals surface area (Å²) in [5.74, 6) is 0.142. The monoisotopic (exact) mass is 371 g/mol. The van der Waals surface area contributed by atoms with Gasteiger partial charge in [-0.1, -0.05) is 11.6 Å². The Hall–Kier alpha value is -1.47. The summed E-state index contributed by atoms with van der Waals surface area (Å²) in [5.41, 5.74) is 1.59. The van der Waals surface area contributed by atoms with Crippen molar-refractivity contribution in [3.8, 4) is 0 Å². The minimum Gasteiger partial charge on any atom is -0.370 e. The summed E-state index contributed by atoms with van der Waals surface area (Å²) in [6, 6.07) is 4.75. The molecule has 2 amide bonds. The molecule has 0 unspecified atom stereocenters. The number of anilines is 2. The highest BCUT2D eigenvalue weighted by molar-refractivity contribution is 7.91. The van der Waals surface area contributed by atoms with Crippen LogP contribution in [0.25, 0.3) is 0 Å². The number of sulfone groups is 1. The van der Waals surface area contributed by atoms with Crippen molar-refractivity contribution in [2.24, 2.45) is 0 Å². The Balaban J connectivity index is 1.59. The van der Waals surface area contributed by atoms with E-state index in [0.29, 0.717) is 17.1 Å². The van der Waals surface area contributed by atoms with Gasteiger partial charge in [-0.15, -0.1) is 0 Å². The van der Waals surface area contributed by atoms with E-state index in [1.165, 1.54) is 19.3 Å². The summed E-state index contributed by atoms with van der Waals surface area (Å²) in [4.78, 5) is 14.3. The lowest BCUT2D eigenvalue weighted by atomic mass is 10.1. The van der Waals surface area contributed by atoms with Crippen LogP contribution in [0.5, 0.6) is 0 Å². The first kappa shape index (κ1) is 17.4. The topological polar surface area (TPSA) is 78.5 Å². The van der Waals surface area contributed by atoms with Crippen molar-refractivity contribution in [1.29, 1.82) is 0 Å². The van der Waals surface area contributed by atoms with E-state index in [4.69, 9.17) is 11.6 Å². The molecule has 0 aromatic heterocycles. The number of hydrogen-bond donors (Lipinski definition) is 2. The van der Waals surface area contributed by atoms with E-state index in [9.17, 15) is 13.2 Å². The Kier molecular flexibility index (Phi) is 5.20. The Morgan fingerprint density at radius 2 is 1.96 bits per heavy atom. The first-order valence-corrected chi connectivity index (χ1v) is 10.5. The van der Waals surface area contributed by atoms with Crippen LogP contribution in [-0.2, 0) is 9.84 Å². The van der Waals surface area contributed by atoms with E-state index in [1.807, 2.05) is 12.1 Å². The average Bonchev–Trinajstić information content (AvgIpc) is 2.87. The molecular formula is C16H22ClN3O3S. The van der Waals surface area contributed by atoms with Crippen LogP contribution in [0.15, 0.2) is 18.2 Å². The van der Waals surface area contributed by atoms with Gasteiger partial charge in [-0.3, -0.25) is 0 Å². The number of amides is 2. The lowest BCUT2D eigenvalue weighted by Gasteiger charge is -2.29. The number of hydrogen-bond acceptors (Lipinski definition) is 4. The molecule has 3 rings (SSSR count). The molecule has 24 heavy (non-hydrogen) atoms.